The maximum atomic E-state index is 6.39. The van der Waals surface area contributed by atoms with Crippen molar-refractivity contribution in [3.05, 3.63) is 85.8 Å². The number of nitrogen functional groups attached to an aromatic ring is 1. The van der Waals surface area contributed by atoms with Crippen LogP contribution in [0.25, 0.3) is 22.2 Å². The molecule has 38 heavy (non-hydrogen) atoms. The zero-order valence-electron chi connectivity index (χ0n) is 21.4. The summed E-state index contributed by atoms with van der Waals surface area (Å²) in [5.74, 6) is 2.13. The second-order valence-corrected chi connectivity index (χ2v) is 9.96. The molecule has 0 bridgehead atoms. The van der Waals surface area contributed by atoms with E-state index in [1.807, 2.05) is 61.2 Å². The Morgan fingerprint density at radius 2 is 1.74 bits per heavy atom. The van der Waals surface area contributed by atoms with Crippen LogP contribution < -0.4 is 15.8 Å². The maximum absolute atomic E-state index is 6.39. The molecule has 0 saturated heterocycles. The van der Waals surface area contributed by atoms with Gasteiger partial charge in [-0.1, -0.05) is 30.3 Å². The van der Waals surface area contributed by atoms with Gasteiger partial charge >= 0.3 is 0 Å². The molecule has 3 aromatic heterocycles. The Bertz CT molecular complexity index is 1450. The Hall–Kier alpha value is -4.17. The monoisotopic (exact) mass is 507 g/mol. The van der Waals surface area contributed by atoms with Crippen LogP contribution in [0.3, 0.4) is 0 Å². The van der Waals surface area contributed by atoms with Crippen LogP contribution in [0, 0.1) is 0 Å². The van der Waals surface area contributed by atoms with Crippen LogP contribution in [0.1, 0.15) is 38.1 Å². The van der Waals surface area contributed by atoms with Gasteiger partial charge in [0, 0.05) is 42.8 Å². The molecule has 0 radical (unpaired) electrons. The molecule has 0 amide bonds. The van der Waals surface area contributed by atoms with E-state index in [4.69, 9.17) is 10.5 Å². The van der Waals surface area contributed by atoms with Crippen molar-refractivity contribution in [1.29, 1.82) is 0 Å². The lowest BCUT2D eigenvalue weighted by atomic mass is 9.91. The quantitative estimate of drug-likeness (QED) is 0.244. The number of fused-ring (bicyclic) bond motifs is 1. The number of hydrogen-bond donors (Lipinski definition) is 2. The molecule has 8 nitrogen and oxygen atoms in total. The Morgan fingerprint density at radius 1 is 0.947 bits per heavy atom. The minimum atomic E-state index is 0.394. The Morgan fingerprint density at radius 3 is 2.50 bits per heavy atom. The van der Waals surface area contributed by atoms with Crippen LogP contribution in [0.5, 0.6) is 11.5 Å². The molecule has 0 spiro atoms. The molecule has 5 aromatic rings. The summed E-state index contributed by atoms with van der Waals surface area (Å²) in [6.07, 6.45) is 15.1. The Kier molecular flexibility index (Phi) is 7.04. The minimum absolute atomic E-state index is 0.394. The van der Waals surface area contributed by atoms with Crippen molar-refractivity contribution in [2.45, 2.75) is 50.7 Å². The summed E-state index contributed by atoms with van der Waals surface area (Å²) in [5, 5.41) is 4.68. The fraction of sp³-hybridized carbons (Fsp3) is 0.300. The van der Waals surface area contributed by atoms with Gasteiger partial charge in [0.1, 0.15) is 29.3 Å². The zero-order chi connectivity index (χ0) is 25.7. The topological polar surface area (TPSA) is 95.8 Å². The van der Waals surface area contributed by atoms with Crippen LogP contribution in [-0.4, -0.2) is 36.7 Å². The number of rotatable bonds is 9. The molecule has 3 N–H and O–H groups in total. The van der Waals surface area contributed by atoms with Crippen LogP contribution >= 0.6 is 0 Å². The van der Waals surface area contributed by atoms with Gasteiger partial charge in [-0.25, -0.2) is 15.0 Å². The number of anilines is 1. The van der Waals surface area contributed by atoms with Gasteiger partial charge in [-0.2, -0.15) is 0 Å². The molecule has 8 heteroatoms. The van der Waals surface area contributed by atoms with E-state index in [2.05, 4.69) is 47.7 Å². The summed E-state index contributed by atoms with van der Waals surface area (Å²) >= 11 is 0. The highest BCUT2D eigenvalue weighted by Crippen LogP contribution is 2.38. The number of nitrogens with two attached hydrogens (primary N) is 1. The molecule has 1 aliphatic carbocycles. The van der Waals surface area contributed by atoms with E-state index in [0.29, 0.717) is 17.9 Å². The molecule has 2 aromatic carbocycles. The number of aryl methyl sites for hydroxylation is 1. The highest BCUT2D eigenvalue weighted by Gasteiger charge is 2.25. The minimum Gasteiger partial charge on any atom is -0.457 e. The first kappa shape index (κ1) is 24.2. The van der Waals surface area contributed by atoms with Gasteiger partial charge in [0.25, 0.3) is 0 Å². The Balaban J connectivity index is 1.14. The van der Waals surface area contributed by atoms with Crippen molar-refractivity contribution in [3.8, 4) is 22.6 Å². The lowest BCUT2D eigenvalue weighted by Gasteiger charge is -2.30. The normalized spacial score (nSPS) is 17.6. The largest absolute Gasteiger partial charge is 0.457 e. The van der Waals surface area contributed by atoms with E-state index in [9.17, 15) is 0 Å². The average Bonchev–Trinajstić information content (AvgIpc) is 3.62. The molecule has 1 fully saturated rings. The second-order valence-electron chi connectivity index (χ2n) is 9.96. The molecule has 0 atom stereocenters. The summed E-state index contributed by atoms with van der Waals surface area (Å²) in [4.78, 5) is 13.1. The fourth-order valence-electron chi connectivity index (χ4n) is 5.48. The van der Waals surface area contributed by atoms with Crippen molar-refractivity contribution in [2.75, 3.05) is 12.3 Å². The van der Waals surface area contributed by atoms with Crippen molar-refractivity contribution in [1.82, 2.24) is 29.4 Å². The zero-order valence-corrected chi connectivity index (χ0v) is 21.4. The van der Waals surface area contributed by atoms with E-state index in [1.165, 1.54) is 0 Å². The molecule has 194 valence electrons. The maximum Gasteiger partial charge on any atom is 0.146 e. The predicted octanol–water partition coefficient (Wildman–Crippen LogP) is 5.83. The smallest absolute Gasteiger partial charge is 0.146 e. The lowest BCUT2D eigenvalue weighted by Crippen LogP contribution is -2.34. The van der Waals surface area contributed by atoms with Gasteiger partial charge in [0.05, 0.1) is 11.7 Å². The second kappa shape index (κ2) is 11.1. The first-order valence-electron chi connectivity index (χ1n) is 13.4. The fourth-order valence-corrected chi connectivity index (χ4v) is 5.48. The van der Waals surface area contributed by atoms with E-state index >= 15 is 0 Å². The van der Waals surface area contributed by atoms with Gasteiger partial charge in [0.2, 0.25) is 0 Å². The third-order valence-electron chi connectivity index (χ3n) is 7.46. The molecular formula is C30H33N7O. The van der Waals surface area contributed by atoms with E-state index in [-0.39, 0.29) is 0 Å². The van der Waals surface area contributed by atoms with Crippen molar-refractivity contribution in [3.63, 3.8) is 0 Å². The van der Waals surface area contributed by atoms with E-state index in [0.717, 1.165) is 78.9 Å². The molecule has 1 saturated carbocycles. The lowest BCUT2D eigenvalue weighted by molar-refractivity contribution is 0.293. The van der Waals surface area contributed by atoms with Gasteiger partial charge in [-0.3, -0.25) is 0 Å². The van der Waals surface area contributed by atoms with Crippen LogP contribution in [0.15, 0.2) is 85.8 Å². The third kappa shape index (κ3) is 5.26. The predicted molar refractivity (Wildman–Crippen MR) is 150 cm³/mol. The van der Waals surface area contributed by atoms with Crippen LogP contribution in [0.4, 0.5) is 5.82 Å². The SMILES string of the molecule is Nc1ncnc2c1c(-c1ccc(Oc3ccccc3)cc1)cn2[C@H]1CC[C@@H](NCCCn2ccnc2)CC1. The summed E-state index contributed by atoms with van der Waals surface area (Å²) in [5.41, 5.74) is 9.43. The first-order valence-corrected chi connectivity index (χ1v) is 13.4. The summed E-state index contributed by atoms with van der Waals surface area (Å²) in [7, 11) is 0. The Labute approximate surface area is 222 Å². The molecule has 0 aliphatic heterocycles. The number of hydrogen-bond acceptors (Lipinski definition) is 6. The molecule has 0 unspecified atom stereocenters. The van der Waals surface area contributed by atoms with Gasteiger partial charge in [0.15, 0.2) is 0 Å². The highest BCUT2D eigenvalue weighted by atomic mass is 16.5. The van der Waals surface area contributed by atoms with Crippen molar-refractivity contribution >= 4 is 16.9 Å². The van der Waals surface area contributed by atoms with Gasteiger partial charge in [-0.15, -0.1) is 0 Å². The number of imidazole rings is 1. The van der Waals surface area contributed by atoms with Crippen molar-refractivity contribution in [2.24, 2.45) is 0 Å². The number of ether oxygens (including phenoxy) is 1. The average molecular weight is 508 g/mol. The molecule has 3 heterocycles. The van der Waals surface area contributed by atoms with E-state index in [1.54, 1.807) is 6.33 Å². The number of benzene rings is 2. The molecular weight excluding hydrogens is 474 g/mol. The first-order chi connectivity index (χ1) is 18.7. The molecule has 6 rings (SSSR count). The van der Waals surface area contributed by atoms with E-state index < -0.39 is 0 Å². The summed E-state index contributed by atoms with van der Waals surface area (Å²) in [6, 6.07) is 18.9. The third-order valence-corrected chi connectivity index (χ3v) is 7.46. The highest BCUT2D eigenvalue weighted by molar-refractivity contribution is 6.00. The standard InChI is InChI=1S/C30H33N7O/c31-29-28-27(22-7-13-26(14-8-22)38-25-5-2-1-3-6-25)19-37(30(28)35-20-34-29)24-11-9-23(10-12-24)33-15-4-17-36-18-16-32-21-36/h1-3,5-8,13-14,16,18-21,23-24,33H,4,9-12,15,17H2,(H2,31,34,35)/t23-,24+. The number of para-hydroxylation sites is 1. The van der Waals surface area contributed by atoms with Crippen LogP contribution in [-0.2, 0) is 6.54 Å². The number of nitrogens with zero attached hydrogens (tertiary/aromatic N) is 5. The molecule has 1 aliphatic rings. The van der Waals surface area contributed by atoms with Crippen LogP contribution in [0.2, 0.25) is 0 Å². The van der Waals surface area contributed by atoms with Crippen molar-refractivity contribution < 1.29 is 4.74 Å². The van der Waals surface area contributed by atoms with Gasteiger partial charge < -0.3 is 24.9 Å². The number of nitrogens with one attached hydrogen (secondary N) is 1. The number of aromatic nitrogens is 5. The summed E-state index contributed by atoms with van der Waals surface area (Å²) in [6.45, 7) is 2.03. The summed E-state index contributed by atoms with van der Waals surface area (Å²) < 4.78 is 10.4. The van der Waals surface area contributed by atoms with Gasteiger partial charge in [-0.05, 0) is 68.5 Å².